The third kappa shape index (κ3) is 3.14. The average molecular weight is 284 g/mol. The Morgan fingerprint density at radius 3 is 2.90 bits per heavy atom. The molecule has 0 bridgehead atoms. The molecule has 0 saturated heterocycles. The van der Waals surface area contributed by atoms with Gasteiger partial charge < -0.3 is 4.42 Å². The maximum atomic E-state index is 11.8. The first-order valence-electron chi connectivity index (χ1n) is 6.39. The number of aromatic amines is 1. The molecule has 0 spiro atoms. The second-order valence-corrected chi connectivity index (χ2v) is 4.47. The minimum atomic E-state index is -0.485. The van der Waals surface area contributed by atoms with Crippen LogP contribution in [0.4, 0.5) is 5.95 Å². The fourth-order valence-electron chi connectivity index (χ4n) is 1.96. The number of aryl methyl sites for hydroxylation is 1. The lowest BCUT2D eigenvalue weighted by molar-refractivity contribution is -0.116. The molecule has 0 aliphatic rings. The summed E-state index contributed by atoms with van der Waals surface area (Å²) in [7, 11) is 0. The zero-order chi connectivity index (χ0) is 14.7. The van der Waals surface area contributed by atoms with Gasteiger partial charge in [-0.3, -0.25) is 15.1 Å². The highest BCUT2D eigenvalue weighted by Crippen LogP contribution is 2.13. The molecule has 7 nitrogen and oxygen atoms in total. The third-order valence-corrected chi connectivity index (χ3v) is 2.94. The summed E-state index contributed by atoms with van der Waals surface area (Å²) >= 11 is 0. The molecule has 21 heavy (non-hydrogen) atoms. The van der Waals surface area contributed by atoms with Crippen molar-refractivity contribution in [3.63, 3.8) is 0 Å². The molecule has 0 aliphatic heterocycles. The van der Waals surface area contributed by atoms with Gasteiger partial charge in [0.25, 0.3) is 0 Å². The van der Waals surface area contributed by atoms with Crippen LogP contribution in [0.15, 0.2) is 45.9 Å². The van der Waals surface area contributed by atoms with Crippen molar-refractivity contribution in [2.75, 3.05) is 5.32 Å². The Hall–Kier alpha value is -2.96. The van der Waals surface area contributed by atoms with Crippen molar-refractivity contribution < 1.29 is 9.21 Å². The topological polar surface area (TPSA) is 101 Å². The zero-order valence-corrected chi connectivity index (χ0v) is 11.0. The maximum absolute atomic E-state index is 11.8. The number of anilines is 1. The van der Waals surface area contributed by atoms with E-state index in [1.165, 1.54) is 0 Å². The molecular formula is C14H12N4O3. The number of fused-ring (bicyclic) bond motifs is 1. The molecule has 0 fully saturated rings. The Morgan fingerprint density at radius 2 is 2.10 bits per heavy atom. The minimum absolute atomic E-state index is 0.165. The summed E-state index contributed by atoms with van der Waals surface area (Å²) in [6.07, 6.45) is 3.96. The predicted octanol–water partition coefficient (Wildman–Crippen LogP) is 1.48. The highest BCUT2D eigenvalue weighted by molar-refractivity contribution is 5.89. The smallest absolute Gasteiger partial charge is 0.408 e. The van der Waals surface area contributed by atoms with Gasteiger partial charge >= 0.3 is 5.76 Å². The fourth-order valence-corrected chi connectivity index (χ4v) is 1.96. The summed E-state index contributed by atoms with van der Waals surface area (Å²) in [6.45, 7) is 0. The van der Waals surface area contributed by atoms with Crippen molar-refractivity contribution in [3.05, 3.63) is 52.8 Å². The molecule has 0 radical (unpaired) electrons. The second-order valence-electron chi connectivity index (χ2n) is 4.47. The van der Waals surface area contributed by atoms with Crippen LogP contribution >= 0.6 is 0 Å². The molecule has 0 unspecified atom stereocenters. The van der Waals surface area contributed by atoms with Gasteiger partial charge in [0, 0.05) is 18.8 Å². The fraction of sp³-hybridized carbons (Fsp3) is 0.143. The molecule has 0 saturated carbocycles. The van der Waals surface area contributed by atoms with Crippen molar-refractivity contribution in [2.45, 2.75) is 12.8 Å². The van der Waals surface area contributed by atoms with Gasteiger partial charge in [0.15, 0.2) is 5.58 Å². The molecule has 106 valence electrons. The van der Waals surface area contributed by atoms with Crippen LogP contribution < -0.4 is 11.1 Å². The molecular weight excluding hydrogens is 272 g/mol. The summed E-state index contributed by atoms with van der Waals surface area (Å²) in [6, 6.07) is 7.01. The number of hydrogen-bond donors (Lipinski definition) is 2. The number of amides is 1. The van der Waals surface area contributed by atoms with Crippen molar-refractivity contribution in [1.29, 1.82) is 0 Å². The molecule has 1 amide bonds. The number of hydrogen-bond acceptors (Lipinski definition) is 5. The van der Waals surface area contributed by atoms with Gasteiger partial charge in [0.1, 0.15) is 0 Å². The Labute approximate surface area is 119 Å². The molecule has 3 aromatic rings. The lowest BCUT2D eigenvalue weighted by atomic mass is 10.1. The van der Waals surface area contributed by atoms with Gasteiger partial charge in [-0.25, -0.2) is 14.8 Å². The molecule has 2 aromatic heterocycles. The highest BCUT2D eigenvalue weighted by atomic mass is 16.4. The first kappa shape index (κ1) is 13.0. The van der Waals surface area contributed by atoms with E-state index >= 15 is 0 Å². The van der Waals surface area contributed by atoms with Gasteiger partial charge in [-0.05, 0) is 30.2 Å². The Morgan fingerprint density at radius 1 is 1.29 bits per heavy atom. The Kier molecular flexibility index (Phi) is 3.46. The molecule has 2 N–H and O–H groups in total. The van der Waals surface area contributed by atoms with Crippen LogP contribution in [0.1, 0.15) is 12.0 Å². The summed E-state index contributed by atoms with van der Waals surface area (Å²) in [4.78, 5) is 33.3. The molecule has 2 heterocycles. The van der Waals surface area contributed by atoms with Gasteiger partial charge in [0.05, 0.1) is 5.52 Å². The van der Waals surface area contributed by atoms with Crippen LogP contribution in [0, 0.1) is 0 Å². The number of carbonyl (C=O) groups excluding carboxylic acids is 1. The van der Waals surface area contributed by atoms with Crippen LogP contribution in [0.3, 0.4) is 0 Å². The van der Waals surface area contributed by atoms with Crippen LogP contribution in [0.5, 0.6) is 0 Å². The third-order valence-electron chi connectivity index (χ3n) is 2.94. The Bertz CT molecular complexity index is 823. The van der Waals surface area contributed by atoms with Crippen molar-refractivity contribution in [1.82, 2.24) is 15.0 Å². The van der Waals surface area contributed by atoms with Gasteiger partial charge in [0.2, 0.25) is 11.9 Å². The SMILES string of the molecule is O=C(CCc1ccc2oc(=O)[nH]c2c1)Nc1ncccn1. The maximum Gasteiger partial charge on any atom is 0.417 e. The summed E-state index contributed by atoms with van der Waals surface area (Å²) in [5.41, 5.74) is 2.07. The lowest BCUT2D eigenvalue weighted by Crippen LogP contribution is -2.14. The van der Waals surface area contributed by atoms with Crippen LogP contribution in [-0.2, 0) is 11.2 Å². The summed E-state index contributed by atoms with van der Waals surface area (Å²) in [5.74, 6) is -0.361. The van der Waals surface area contributed by atoms with Crippen molar-refractivity contribution in [3.8, 4) is 0 Å². The quantitative estimate of drug-likeness (QED) is 0.755. The standard InChI is InChI=1S/C14H12N4O3/c19-12(18-13-15-6-1-7-16-13)5-3-9-2-4-11-10(8-9)17-14(20)21-11/h1-2,4,6-8H,3,5H2,(H,17,20)(H,15,16,18,19). The second kappa shape index (κ2) is 5.58. The normalized spacial score (nSPS) is 10.7. The van der Waals surface area contributed by atoms with E-state index in [0.717, 1.165) is 5.56 Å². The number of H-pyrrole nitrogens is 1. The van der Waals surface area contributed by atoms with Crippen molar-refractivity contribution >= 4 is 23.0 Å². The number of carbonyl (C=O) groups is 1. The Balaban J connectivity index is 1.63. The number of oxazole rings is 1. The monoisotopic (exact) mass is 284 g/mol. The lowest BCUT2D eigenvalue weighted by Gasteiger charge is -2.03. The van der Waals surface area contributed by atoms with E-state index in [2.05, 4.69) is 20.3 Å². The molecule has 1 aromatic carbocycles. The predicted molar refractivity (Wildman–Crippen MR) is 75.8 cm³/mol. The largest absolute Gasteiger partial charge is 0.417 e. The van der Waals surface area contributed by atoms with Gasteiger partial charge in [-0.2, -0.15) is 0 Å². The van der Waals surface area contributed by atoms with Crippen LogP contribution in [0.2, 0.25) is 0 Å². The number of nitrogens with one attached hydrogen (secondary N) is 2. The van der Waals surface area contributed by atoms with E-state index in [4.69, 9.17) is 4.42 Å². The van der Waals surface area contributed by atoms with E-state index in [1.807, 2.05) is 6.07 Å². The highest BCUT2D eigenvalue weighted by Gasteiger charge is 2.06. The first-order chi connectivity index (χ1) is 10.2. The van der Waals surface area contributed by atoms with E-state index in [-0.39, 0.29) is 11.9 Å². The number of rotatable bonds is 4. The van der Waals surface area contributed by atoms with Crippen LogP contribution in [-0.4, -0.2) is 20.9 Å². The number of aromatic nitrogens is 3. The zero-order valence-electron chi connectivity index (χ0n) is 11.0. The first-order valence-corrected chi connectivity index (χ1v) is 6.39. The molecule has 7 heteroatoms. The molecule has 3 rings (SSSR count). The molecule has 0 aliphatic carbocycles. The number of benzene rings is 1. The van der Waals surface area contributed by atoms with E-state index in [0.29, 0.717) is 23.9 Å². The van der Waals surface area contributed by atoms with Crippen LogP contribution in [0.25, 0.3) is 11.1 Å². The van der Waals surface area contributed by atoms with Crippen molar-refractivity contribution in [2.24, 2.45) is 0 Å². The van der Waals surface area contributed by atoms with Gasteiger partial charge in [-0.15, -0.1) is 0 Å². The van der Waals surface area contributed by atoms with E-state index < -0.39 is 5.76 Å². The number of nitrogens with zero attached hydrogens (tertiary/aromatic N) is 2. The average Bonchev–Trinajstić information content (AvgIpc) is 2.85. The molecule has 0 atom stereocenters. The summed E-state index contributed by atoms with van der Waals surface area (Å²) in [5, 5.41) is 2.62. The summed E-state index contributed by atoms with van der Waals surface area (Å²) < 4.78 is 4.92. The van der Waals surface area contributed by atoms with E-state index in [1.54, 1.807) is 30.6 Å². The van der Waals surface area contributed by atoms with Gasteiger partial charge in [-0.1, -0.05) is 6.07 Å². The minimum Gasteiger partial charge on any atom is -0.408 e. The van der Waals surface area contributed by atoms with E-state index in [9.17, 15) is 9.59 Å².